The molecule has 2 aliphatic heterocycles. The fourth-order valence-electron chi connectivity index (χ4n) is 4.03. The highest BCUT2D eigenvalue weighted by Gasteiger charge is 2.32. The van der Waals surface area contributed by atoms with Crippen LogP contribution in [0, 0.1) is 0 Å². The first kappa shape index (κ1) is 21.3. The summed E-state index contributed by atoms with van der Waals surface area (Å²) in [4.78, 5) is 33.0. The van der Waals surface area contributed by atoms with Gasteiger partial charge in [-0.15, -0.1) is 0 Å². The van der Waals surface area contributed by atoms with Gasteiger partial charge in [0.15, 0.2) is 0 Å². The number of halogens is 1. The third-order valence-electron chi connectivity index (χ3n) is 5.71. The highest BCUT2D eigenvalue weighted by Crippen LogP contribution is 2.26. The second-order valence-corrected chi connectivity index (χ2v) is 8.01. The summed E-state index contributed by atoms with van der Waals surface area (Å²) in [5, 5.41) is 0.722. The molecular weight excluding hydrogens is 416 g/mol. The van der Waals surface area contributed by atoms with Gasteiger partial charge < -0.3 is 19.4 Å². The van der Waals surface area contributed by atoms with E-state index in [-0.39, 0.29) is 18.5 Å². The first-order valence-corrected chi connectivity index (χ1v) is 11.0. The van der Waals surface area contributed by atoms with Crippen molar-refractivity contribution in [3.8, 4) is 5.75 Å². The van der Waals surface area contributed by atoms with Crippen molar-refractivity contribution in [2.24, 2.45) is 0 Å². The number of nitrogens with zero attached hydrogens (tertiary/aromatic N) is 4. The molecule has 2 aromatic rings. The molecule has 4 rings (SSSR count). The standard InChI is InChI=1S/C23H27ClN4O3/c1-2-31-19-9-7-18(8-10-19)28-16-15-27(23(28)30)17-22(29)26-13-11-25(12-14-26)21-6-4-3-5-20(21)24/h3-10H,2,11-17H2,1H3. The largest absolute Gasteiger partial charge is 0.494 e. The summed E-state index contributed by atoms with van der Waals surface area (Å²) in [6.45, 7) is 6.44. The van der Waals surface area contributed by atoms with E-state index < -0.39 is 0 Å². The SMILES string of the molecule is CCOc1ccc(N2CCN(CC(=O)N3CCN(c4ccccc4Cl)CC3)C2=O)cc1. The number of para-hydroxylation sites is 1. The molecule has 0 saturated carbocycles. The maximum atomic E-state index is 12.8. The van der Waals surface area contributed by atoms with Crippen molar-refractivity contribution in [1.82, 2.24) is 9.80 Å². The lowest BCUT2D eigenvalue weighted by molar-refractivity contribution is -0.131. The van der Waals surface area contributed by atoms with Gasteiger partial charge in [-0.25, -0.2) is 4.79 Å². The molecule has 8 heteroatoms. The molecule has 0 aromatic heterocycles. The highest BCUT2D eigenvalue weighted by molar-refractivity contribution is 6.33. The van der Waals surface area contributed by atoms with E-state index in [1.807, 2.05) is 60.4 Å². The van der Waals surface area contributed by atoms with Gasteiger partial charge in [-0.1, -0.05) is 23.7 Å². The minimum atomic E-state index is -0.132. The first-order valence-electron chi connectivity index (χ1n) is 10.6. The van der Waals surface area contributed by atoms with Gasteiger partial charge in [0.05, 0.1) is 17.3 Å². The Morgan fingerprint density at radius 3 is 2.35 bits per heavy atom. The molecule has 0 bridgehead atoms. The molecule has 2 saturated heterocycles. The number of rotatable bonds is 6. The normalized spacial score (nSPS) is 16.8. The van der Waals surface area contributed by atoms with Gasteiger partial charge in [0, 0.05) is 45.0 Å². The van der Waals surface area contributed by atoms with Crippen molar-refractivity contribution in [1.29, 1.82) is 0 Å². The molecule has 0 spiro atoms. The Morgan fingerprint density at radius 1 is 0.968 bits per heavy atom. The number of carbonyl (C=O) groups is 2. The van der Waals surface area contributed by atoms with Crippen LogP contribution < -0.4 is 14.5 Å². The lowest BCUT2D eigenvalue weighted by Crippen LogP contribution is -2.51. The van der Waals surface area contributed by atoms with Crippen LogP contribution in [0.1, 0.15) is 6.92 Å². The van der Waals surface area contributed by atoms with E-state index in [2.05, 4.69) is 4.90 Å². The first-order chi connectivity index (χ1) is 15.1. The Hall–Kier alpha value is -2.93. The van der Waals surface area contributed by atoms with E-state index in [4.69, 9.17) is 16.3 Å². The molecule has 2 aliphatic rings. The summed E-state index contributed by atoms with van der Waals surface area (Å²) in [6.07, 6.45) is 0. The van der Waals surface area contributed by atoms with Crippen molar-refractivity contribution in [3.63, 3.8) is 0 Å². The monoisotopic (exact) mass is 442 g/mol. The highest BCUT2D eigenvalue weighted by atomic mass is 35.5. The van der Waals surface area contributed by atoms with Gasteiger partial charge in [0.1, 0.15) is 12.3 Å². The minimum absolute atomic E-state index is 0.0132. The molecule has 2 aromatic carbocycles. The van der Waals surface area contributed by atoms with Crippen LogP contribution in [0.4, 0.5) is 16.2 Å². The number of hydrogen-bond donors (Lipinski definition) is 0. The number of ether oxygens (including phenoxy) is 1. The zero-order chi connectivity index (χ0) is 21.8. The van der Waals surface area contributed by atoms with Gasteiger partial charge in [-0.2, -0.15) is 0 Å². The van der Waals surface area contributed by atoms with Gasteiger partial charge >= 0.3 is 6.03 Å². The molecule has 0 radical (unpaired) electrons. The molecule has 164 valence electrons. The number of anilines is 2. The molecule has 0 aliphatic carbocycles. The number of amides is 3. The van der Waals surface area contributed by atoms with Crippen LogP contribution in [0.2, 0.25) is 5.02 Å². The van der Waals surface area contributed by atoms with Crippen molar-refractivity contribution in [2.45, 2.75) is 6.92 Å². The van der Waals surface area contributed by atoms with E-state index in [1.165, 1.54) is 0 Å². The number of urea groups is 1. The van der Waals surface area contributed by atoms with Crippen LogP contribution in [0.15, 0.2) is 48.5 Å². The van der Waals surface area contributed by atoms with Gasteiger partial charge in [0.25, 0.3) is 0 Å². The minimum Gasteiger partial charge on any atom is -0.494 e. The summed E-state index contributed by atoms with van der Waals surface area (Å²) in [6, 6.07) is 15.1. The maximum Gasteiger partial charge on any atom is 0.325 e. The van der Waals surface area contributed by atoms with E-state index in [0.717, 1.165) is 35.2 Å². The van der Waals surface area contributed by atoms with Gasteiger partial charge in [-0.3, -0.25) is 9.69 Å². The van der Waals surface area contributed by atoms with E-state index in [1.54, 1.807) is 9.80 Å². The zero-order valence-electron chi connectivity index (χ0n) is 17.7. The molecule has 0 atom stereocenters. The van der Waals surface area contributed by atoms with Crippen LogP contribution in [0.5, 0.6) is 5.75 Å². The van der Waals surface area contributed by atoms with Crippen LogP contribution in [-0.4, -0.2) is 74.2 Å². The van der Waals surface area contributed by atoms with E-state index in [9.17, 15) is 9.59 Å². The molecule has 0 unspecified atom stereocenters. The van der Waals surface area contributed by atoms with Crippen molar-refractivity contribution >= 4 is 34.9 Å². The Balaban J connectivity index is 1.30. The maximum absolute atomic E-state index is 12.8. The zero-order valence-corrected chi connectivity index (χ0v) is 18.4. The van der Waals surface area contributed by atoms with Crippen molar-refractivity contribution in [3.05, 3.63) is 53.6 Å². The number of benzene rings is 2. The van der Waals surface area contributed by atoms with Gasteiger partial charge in [0.2, 0.25) is 5.91 Å². The van der Waals surface area contributed by atoms with Crippen LogP contribution in [0.3, 0.4) is 0 Å². The van der Waals surface area contributed by atoms with Crippen LogP contribution in [-0.2, 0) is 4.79 Å². The van der Waals surface area contributed by atoms with Crippen LogP contribution in [0.25, 0.3) is 0 Å². The topological polar surface area (TPSA) is 56.3 Å². The van der Waals surface area contributed by atoms with Crippen LogP contribution >= 0.6 is 11.6 Å². The number of hydrogen-bond acceptors (Lipinski definition) is 4. The Kier molecular flexibility index (Phi) is 6.51. The quantitative estimate of drug-likeness (QED) is 0.688. The summed E-state index contributed by atoms with van der Waals surface area (Å²) < 4.78 is 5.46. The summed E-state index contributed by atoms with van der Waals surface area (Å²) in [5.74, 6) is 0.765. The average molecular weight is 443 g/mol. The average Bonchev–Trinajstić information content (AvgIpc) is 3.15. The third-order valence-corrected chi connectivity index (χ3v) is 6.03. The van der Waals surface area contributed by atoms with E-state index in [0.29, 0.717) is 32.8 Å². The summed E-state index contributed by atoms with van der Waals surface area (Å²) in [5.41, 5.74) is 1.81. The van der Waals surface area contributed by atoms with Crippen molar-refractivity contribution < 1.29 is 14.3 Å². The lowest BCUT2D eigenvalue weighted by atomic mass is 10.2. The van der Waals surface area contributed by atoms with Gasteiger partial charge in [-0.05, 0) is 43.3 Å². The summed E-state index contributed by atoms with van der Waals surface area (Å²) in [7, 11) is 0. The summed E-state index contributed by atoms with van der Waals surface area (Å²) >= 11 is 6.30. The predicted molar refractivity (Wildman–Crippen MR) is 122 cm³/mol. The lowest BCUT2D eigenvalue weighted by Gasteiger charge is -2.37. The molecule has 7 nitrogen and oxygen atoms in total. The molecule has 3 amide bonds. The molecule has 2 heterocycles. The second-order valence-electron chi connectivity index (χ2n) is 7.60. The third kappa shape index (κ3) is 4.71. The molecule has 2 fully saturated rings. The smallest absolute Gasteiger partial charge is 0.325 e. The fourth-order valence-corrected chi connectivity index (χ4v) is 4.28. The molecule has 31 heavy (non-hydrogen) atoms. The molecule has 0 N–H and O–H groups in total. The Bertz CT molecular complexity index is 929. The number of carbonyl (C=O) groups excluding carboxylic acids is 2. The number of piperazine rings is 1. The Labute approximate surface area is 187 Å². The predicted octanol–water partition coefficient (Wildman–Crippen LogP) is 3.33. The van der Waals surface area contributed by atoms with Crippen molar-refractivity contribution in [2.75, 3.05) is 62.2 Å². The Morgan fingerprint density at radius 2 is 1.68 bits per heavy atom. The molecular formula is C23H27ClN4O3. The second kappa shape index (κ2) is 9.47. The fraction of sp³-hybridized carbons (Fsp3) is 0.391. The van der Waals surface area contributed by atoms with E-state index >= 15 is 0 Å².